The zero-order chi connectivity index (χ0) is 14.5. The third kappa shape index (κ3) is 3.95. The number of aromatic nitrogens is 4. The van der Waals surface area contributed by atoms with Crippen molar-refractivity contribution in [1.82, 2.24) is 31.3 Å². The van der Waals surface area contributed by atoms with E-state index in [4.69, 9.17) is 0 Å². The molecule has 0 radical (unpaired) electrons. The van der Waals surface area contributed by atoms with Gasteiger partial charge in [0.25, 0.3) is 0 Å². The monoisotopic (exact) mass is 328 g/mol. The molecule has 2 aliphatic rings. The smallest absolute Gasteiger partial charge is 0.220 e. The second kappa shape index (κ2) is 7.87. The molecule has 22 heavy (non-hydrogen) atoms. The van der Waals surface area contributed by atoms with Crippen molar-refractivity contribution in [3.63, 3.8) is 0 Å². The Balaban J connectivity index is 0.00000176. The van der Waals surface area contributed by atoms with E-state index in [1.54, 1.807) is 0 Å². The van der Waals surface area contributed by atoms with Gasteiger partial charge in [0.05, 0.1) is 0 Å². The normalized spacial score (nSPS) is 21.3. The maximum Gasteiger partial charge on any atom is 0.220 e. The molecule has 124 valence electrons. The highest BCUT2D eigenvalue weighted by Crippen LogP contribution is 2.36. The van der Waals surface area contributed by atoms with Gasteiger partial charge in [-0.25, -0.2) is 0 Å². The second-order valence-electron chi connectivity index (χ2n) is 6.30. The van der Waals surface area contributed by atoms with Gasteiger partial charge in [0.2, 0.25) is 5.91 Å². The molecule has 0 unspecified atom stereocenters. The Hall–Kier alpha value is -1.21. The summed E-state index contributed by atoms with van der Waals surface area (Å²) < 4.78 is 0. The Kier molecular flexibility index (Phi) is 6.14. The fourth-order valence-corrected chi connectivity index (χ4v) is 3.58. The molecule has 1 amide bonds. The van der Waals surface area contributed by atoms with Crippen LogP contribution in [0.3, 0.4) is 0 Å². The van der Waals surface area contributed by atoms with E-state index in [1.165, 1.54) is 12.8 Å². The van der Waals surface area contributed by atoms with Crippen LogP contribution in [0.1, 0.15) is 57.2 Å². The first-order valence-electron chi connectivity index (χ1n) is 8.04. The molecule has 1 aromatic heterocycles. The minimum absolute atomic E-state index is 0. The van der Waals surface area contributed by atoms with Gasteiger partial charge in [-0.2, -0.15) is 5.21 Å². The summed E-state index contributed by atoms with van der Waals surface area (Å²) in [5.41, 5.74) is -0.391. The number of tetrazole rings is 1. The van der Waals surface area contributed by atoms with Gasteiger partial charge in [0.1, 0.15) is 5.54 Å². The van der Waals surface area contributed by atoms with Crippen LogP contribution < -0.4 is 10.6 Å². The van der Waals surface area contributed by atoms with Crippen LogP contribution in [0.4, 0.5) is 0 Å². The van der Waals surface area contributed by atoms with E-state index in [0.717, 1.165) is 45.2 Å². The molecule has 0 spiro atoms. The van der Waals surface area contributed by atoms with Gasteiger partial charge in [0.15, 0.2) is 5.82 Å². The minimum atomic E-state index is -0.391. The summed E-state index contributed by atoms with van der Waals surface area (Å²) in [5, 5.41) is 20.9. The van der Waals surface area contributed by atoms with Crippen LogP contribution in [-0.2, 0) is 10.3 Å². The van der Waals surface area contributed by atoms with Crippen LogP contribution in [0.5, 0.6) is 0 Å². The van der Waals surface area contributed by atoms with E-state index >= 15 is 0 Å². The Bertz CT molecular complexity index is 454. The molecule has 7 nitrogen and oxygen atoms in total. The van der Waals surface area contributed by atoms with Gasteiger partial charge in [-0.15, -0.1) is 22.6 Å². The van der Waals surface area contributed by atoms with E-state index in [2.05, 4.69) is 31.3 Å². The maximum absolute atomic E-state index is 12.3. The predicted octanol–water partition coefficient (Wildman–Crippen LogP) is 1.29. The molecule has 1 aromatic rings. The molecular weight excluding hydrogens is 304 g/mol. The van der Waals surface area contributed by atoms with Crippen molar-refractivity contribution < 1.29 is 4.79 Å². The first-order chi connectivity index (χ1) is 10.3. The Morgan fingerprint density at radius 1 is 1.27 bits per heavy atom. The number of amides is 1. The SMILES string of the molecule is Cl.O=C(CCC1CCNCC1)NC1(c2nn[nH]n2)CCCC1. The van der Waals surface area contributed by atoms with Crippen molar-refractivity contribution in [1.29, 1.82) is 0 Å². The lowest BCUT2D eigenvalue weighted by Gasteiger charge is -2.27. The molecule has 2 heterocycles. The first kappa shape index (κ1) is 17.1. The van der Waals surface area contributed by atoms with Crippen LogP contribution >= 0.6 is 12.4 Å². The molecule has 2 fully saturated rings. The van der Waals surface area contributed by atoms with Gasteiger partial charge >= 0.3 is 0 Å². The lowest BCUT2D eigenvalue weighted by Crippen LogP contribution is -2.44. The second-order valence-corrected chi connectivity index (χ2v) is 6.30. The lowest BCUT2D eigenvalue weighted by molar-refractivity contribution is -0.123. The third-order valence-corrected chi connectivity index (χ3v) is 4.85. The average molecular weight is 329 g/mol. The molecule has 1 saturated heterocycles. The summed E-state index contributed by atoms with van der Waals surface area (Å²) >= 11 is 0. The number of halogens is 1. The zero-order valence-electron chi connectivity index (χ0n) is 12.8. The number of carbonyl (C=O) groups excluding carboxylic acids is 1. The fraction of sp³-hybridized carbons (Fsp3) is 0.857. The molecule has 3 N–H and O–H groups in total. The molecule has 1 saturated carbocycles. The molecule has 8 heteroatoms. The Labute approximate surface area is 136 Å². The van der Waals surface area contributed by atoms with Crippen molar-refractivity contribution in [2.75, 3.05) is 13.1 Å². The van der Waals surface area contributed by atoms with Gasteiger partial charge in [-0.3, -0.25) is 4.79 Å². The first-order valence-corrected chi connectivity index (χ1v) is 8.04. The van der Waals surface area contributed by atoms with Gasteiger partial charge < -0.3 is 10.6 Å². The van der Waals surface area contributed by atoms with Crippen LogP contribution in [-0.4, -0.2) is 39.6 Å². The van der Waals surface area contributed by atoms with E-state index < -0.39 is 5.54 Å². The number of piperidine rings is 1. The molecule has 0 aromatic carbocycles. The minimum Gasteiger partial charge on any atom is -0.343 e. The van der Waals surface area contributed by atoms with Crippen molar-refractivity contribution in [3.8, 4) is 0 Å². The van der Waals surface area contributed by atoms with Crippen molar-refractivity contribution in [2.45, 2.75) is 56.9 Å². The highest BCUT2D eigenvalue weighted by atomic mass is 35.5. The largest absolute Gasteiger partial charge is 0.343 e. The number of nitrogens with one attached hydrogen (secondary N) is 3. The number of H-pyrrole nitrogens is 1. The van der Waals surface area contributed by atoms with Crippen molar-refractivity contribution in [2.24, 2.45) is 5.92 Å². The summed E-state index contributed by atoms with van der Waals surface area (Å²) in [4.78, 5) is 12.3. The third-order valence-electron chi connectivity index (χ3n) is 4.85. The quantitative estimate of drug-likeness (QED) is 0.757. The topological polar surface area (TPSA) is 95.6 Å². The van der Waals surface area contributed by atoms with Crippen LogP contribution in [0.25, 0.3) is 0 Å². The highest BCUT2D eigenvalue weighted by Gasteiger charge is 2.40. The van der Waals surface area contributed by atoms with E-state index in [0.29, 0.717) is 18.2 Å². The number of nitrogens with zero attached hydrogens (tertiary/aromatic N) is 3. The number of carbonyl (C=O) groups is 1. The average Bonchev–Trinajstić information content (AvgIpc) is 3.18. The van der Waals surface area contributed by atoms with Crippen LogP contribution in [0.15, 0.2) is 0 Å². The van der Waals surface area contributed by atoms with Gasteiger partial charge in [0, 0.05) is 6.42 Å². The summed E-state index contributed by atoms with van der Waals surface area (Å²) in [6, 6.07) is 0. The molecule has 0 atom stereocenters. The Morgan fingerprint density at radius 2 is 2.00 bits per heavy atom. The summed E-state index contributed by atoms with van der Waals surface area (Å²) in [6.07, 6.45) is 7.97. The van der Waals surface area contributed by atoms with Crippen molar-refractivity contribution >= 4 is 18.3 Å². The van der Waals surface area contributed by atoms with Gasteiger partial charge in [-0.05, 0) is 51.1 Å². The maximum atomic E-state index is 12.3. The van der Waals surface area contributed by atoms with Crippen molar-refractivity contribution in [3.05, 3.63) is 5.82 Å². The standard InChI is InChI=1S/C14H24N6O.ClH/c21-12(4-3-11-5-9-15-10-6-11)16-14(7-1-2-8-14)13-17-19-20-18-13;/h11,15H,1-10H2,(H,16,21)(H,17,18,19,20);1H. The molecule has 0 bridgehead atoms. The van der Waals surface area contributed by atoms with E-state index in [1.807, 2.05) is 0 Å². The lowest BCUT2D eigenvalue weighted by atomic mass is 9.92. The van der Waals surface area contributed by atoms with Crippen LogP contribution in [0, 0.1) is 5.92 Å². The number of rotatable bonds is 5. The highest BCUT2D eigenvalue weighted by molar-refractivity contribution is 5.85. The Morgan fingerprint density at radius 3 is 2.64 bits per heavy atom. The summed E-state index contributed by atoms with van der Waals surface area (Å²) in [5.74, 6) is 1.44. The van der Waals surface area contributed by atoms with Crippen LogP contribution in [0.2, 0.25) is 0 Å². The van der Waals surface area contributed by atoms with E-state index in [-0.39, 0.29) is 18.3 Å². The zero-order valence-corrected chi connectivity index (χ0v) is 13.6. The number of hydrogen-bond acceptors (Lipinski definition) is 5. The fourth-order valence-electron chi connectivity index (χ4n) is 3.58. The van der Waals surface area contributed by atoms with Gasteiger partial charge in [-0.1, -0.05) is 18.1 Å². The molecule has 1 aliphatic carbocycles. The summed E-state index contributed by atoms with van der Waals surface area (Å²) in [7, 11) is 0. The molecule has 1 aliphatic heterocycles. The predicted molar refractivity (Wildman–Crippen MR) is 84.5 cm³/mol. The number of aromatic amines is 1. The summed E-state index contributed by atoms with van der Waals surface area (Å²) in [6.45, 7) is 2.16. The number of hydrogen-bond donors (Lipinski definition) is 3. The molecular formula is C14H25ClN6O. The molecule has 3 rings (SSSR count). The van der Waals surface area contributed by atoms with E-state index in [9.17, 15) is 4.79 Å².